The van der Waals surface area contributed by atoms with Crippen LogP contribution in [-0.2, 0) is 0 Å². The largest absolute Gasteiger partial charge is 0.396 e. The van der Waals surface area contributed by atoms with Crippen molar-refractivity contribution in [2.75, 3.05) is 0 Å². The molecule has 0 saturated carbocycles. The molecule has 2 N–H and O–H groups in total. The minimum Gasteiger partial charge on any atom is -0.396 e. The first-order valence-corrected chi connectivity index (χ1v) is 7.81. The number of hydrogen-bond acceptors (Lipinski definition) is 2. The lowest BCUT2D eigenvalue weighted by molar-refractivity contribution is 0.110. The van der Waals surface area contributed by atoms with E-state index in [1.54, 1.807) is 0 Å². The summed E-state index contributed by atoms with van der Waals surface area (Å²) in [6, 6.07) is 0. The normalized spacial score (nSPS) is 18.0. The zero-order valence-electron chi connectivity index (χ0n) is 7.96. The summed E-state index contributed by atoms with van der Waals surface area (Å²) in [4.78, 5) is 0. The van der Waals surface area contributed by atoms with Crippen LogP contribution in [-0.4, -0.2) is 30.1 Å². The van der Waals surface area contributed by atoms with Crippen LogP contribution < -0.4 is 0 Å². The van der Waals surface area contributed by atoms with Gasteiger partial charge < -0.3 is 10.2 Å². The van der Waals surface area contributed by atoms with Gasteiger partial charge in [0.1, 0.15) is 0 Å². The molecule has 3 heteroatoms. The number of aliphatic hydroxyl groups is 2. The summed E-state index contributed by atoms with van der Waals surface area (Å²) in [6.45, 7) is 8.27. The van der Waals surface area contributed by atoms with Crippen molar-refractivity contribution >= 4 is 8.07 Å². The van der Waals surface area contributed by atoms with E-state index in [-0.39, 0.29) is 11.8 Å². The third kappa shape index (κ3) is 4.56. The second-order valence-electron chi connectivity index (χ2n) is 4.18. The molecule has 0 bridgehead atoms. The van der Waals surface area contributed by atoms with Gasteiger partial charge in [-0.1, -0.05) is 26.6 Å². The van der Waals surface area contributed by atoms with Crippen LogP contribution in [0.15, 0.2) is 0 Å². The van der Waals surface area contributed by atoms with Gasteiger partial charge in [-0.3, -0.25) is 0 Å². The van der Waals surface area contributed by atoms with Crippen molar-refractivity contribution < 1.29 is 10.2 Å². The van der Waals surface area contributed by atoms with Gasteiger partial charge >= 0.3 is 0 Å². The summed E-state index contributed by atoms with van der Waals surface area (Å²) in [7, 11) is -1.44. The third-order valence-corrected chi connectivity index (χ3v) is 4.20. The molecule has 0 aliphatic carbocycles. The Morgan fingerprint density at radius 2 is 1.64 bits per heavy atom. The molecule has 0 amide bonds. The standard InChI is InChI=1S/C8H20O2Si/c1-5-7(9)6-8(10)11(2,3)4/h7-10H,5-6H2,1-4H3. The van der Waals surface area contributed by atoms with Gasteiger partial charge in [-0.05, 0) is 12.8 Å². The van der Waals surface area contributed by atoms with Crippen molar-refractivity contribution in [3.8, 4) is 0 Å². The van der Waals surface area contributed by atoms with E-state index in [4.69, 9.17) is 0 Å². The van der Waals surface area contributed by atoms with Crippen molar-refractivity contribution in [1.82, 2.24) is 0 Å². The Balaban J connectivity index is 3.77. The number of rotatable bonds is 4. The molecule has 0 aliphatic heterocycles. The van der Waals surface area contributed by atoms with Gasteiger partial charge in [-0.15, -0.1) is 0 Å². The van der Waals surface area contributed by atoms with Crippen LogP contribution in [0, 0.1) is 0 Å². The predicted molar refractivity (Wildman–Crippen MR) is 50.3 cm³/mol. The zero-order valence-corrected chi connectivity index (χ0v) is 8.96. The Hall–Kier alpha value is 0.137. The Morgan fingerprint density at radius 3 is 1.91 bits per heavy atom. The summed E-state index contributed by atoms with van der Waals surface area (Å²) in [5.41, 5.74) is -0.266. The molecule has 2 nitrogen and oxygen atoms in total. The Kier molecular flexibility index (Phi) is 4.29. The summed E-state index contributed by atoms with van der Waals surface area (Å²) in [5, 5.41) is 18.8. The summed E-state index contributed by atoms with van der Waals surface area (Å²) in [5.74, 6) is 0. The van der Waals surface area contributed by atoms with Crippen LogP contribution in [0.5, 0.6) is 0 Å². The van der Waals surface area contributed by atoms with E-state index in [2.05, 4.69) is 19.6 Å². The lowest BCUT2D eigenvalue weighted by Crippen LogP contribution is -2.40. The molecular formula is C8H20O2Si. The van der Waals surface area contributed by atoms with Crippen LogP contribution in [0.25, 0.3) is 0 Å². The molecule has 0 aromatic carbocycles. The second-order valence-corrected chi connectivity index (χ2v) is 9.58. The van der Waals surface area contributed by atoms with Crippen LogP contribution in [0.4, 0.5) is 0 Å². The minimum atomic E-state index is -1.44. The smallest absolute Gasteiger partial charge is 0.0782 e. The molecule has 0 aliphatic rings. The van der Waals surface area contributed by atoms with Crippen LogP contribution in [0.3, 0.4) is 0 Å². The van der Waals surface area contributed by atoms with Crippen molar-refractivity contribution in [1.29, 1.82) is 0 Å². The zero-order chi connectivity index (χ0) is 9.07. The summed E-state index contributed by atoms with van der Waals surface area (Å²) >= 11 is 0. The van der Waals surface area contributed by atoms with Gasteiger partial charge in [-0.2, -0.15) is 0 Å². The topological polar surface area (TPSA) is 40.5 Å². The molecule has 2 unspecified atom stereocenters. The molecule has 0 fully saturated rings. The van der Waals surface area contributed by atoms with E-state index < -0.39 is 8.07 Å². The monoisotopic (exact) mass is 176 g/mol. The van der Waals surface area contributed by atoms with E-state index in [0.29, 0.717) is 6.42 Å². The Morgan fingerprint density at radius 1 is 1.18 bits per heavy atom. The highest BCUT2D eigenvalue weighted by atomic mass is 28.3. The highest BCUT2D eigenvalue weighted by molar-refractivity contribution is 6.77. The number of hydrogen-bond donors (Lipinski definition) is 2. The average Bonchev–Trinajstić information content (AvgIpc) is 1.85. The Bertz CT molecular complexity index is 109. The van der Waals surface area contributed by atoms with E-state index >= 15 is 0 Å². The minimum absolute atomic E-state index is 0.266. The molecule has 0 spiro atoms. The second kappa shape index (κ2) is 4.23. The van der Waals surface area contributed by atoms with Crippen molar-refractivity contribution in [2.45, 2.75) is 51.2 Å². The fraction of sp³-hybridized carbons (Fsp3) is 1.00. The van der Waals surface area contributed by atoms with Gasteiger partial charge in [-0.25, -0.2) is 0 Å². The van der Waals surface area contributed by atoms with E-state index in [1.807, 2.05) is 6.92 Å². The molecule has 0 heterocycles. The van der Waals surface area contributed by atoms with Gasteiger partial charge in [0.2, 0.25) is 0 Å². The molecule has 2 atom stereocenters. The fourth-order valence-corrected chi connectivity index (χ4v) is 1.76. The van der Waals surface area contributed by atoms with Crippen LogP contribution in [0.1, 0.15) is 19.8 Å². The SMILES string of the molecule is CCC(O)CC(O)[Si](C)(C)C. The lowest BCUT2D eigenvalue weighted by Gasteiger charge is -2.25. The maximum atomic E-state index is 9.59. The first kappa shape index (κ1) is 11.1. The maximum Gasteiger partial charge on any atom is 0.0782 e. The highest BCUT2D eigenvalue weighted by Gasteiger charge is 2.25. The van der Waals surface area contributed by atoms with Crippen LogP contribution >= 0.6 is 0 Å². The highest BCUT2D eigenvalue weighted by Crippen LogP contribution is 2.13. The van der Waals surface area contributed by atoms with Gasteiger partial charge in [0, 0.05) is 5.73 Å². The lowest BCUT2D eigenvalue weighted by atomic mass is 10.2. The van der Waals surface area contributed by atoms with Crippen LogP contribution in [0.2, 0.25) is 19.6 Å². The number of aliphatic hydroxyl groups excluding tert-OH is 2. The van der Waals surface area contributed by atoms with Gasteiger partial charge in [0.05, 0.1) is 14.2 Å². The van der Waals surface area contributed by atoms with E-state index in [1.165, 1.54) is 0 Å². The molecule has 0 radical (unpaired) electrons. The quantitative estimate of drug-likeness (QED) is 0.635. The van der Waals surface area contributed by atoms with Crippen molar-refractivity contribution in [3.05, 3.63) is 0 Å². The molecule has 0 aromatic heterocycles. The molecule has 0 rings (SSSR count). The average molecular weight is 176 g/mol. The summed E-state index contributed by atoms with van der Waals surface area (Å²) in [6.07, 6.45) is 0.963. The molecule has 0 saturated heterocycles. The molecular weight excluding hydrogens is 156 g/mol. The molecule has 0 aromatic rings. The van der Waals surface area contributed by atoms with E-state index in [0.717, 1.165) is 6.42 Å². The van der Waals surface area contributed by atoms with Gasteiger partial charge in [0.15, 0.2) is 0 Å². The first-order valence-electron chi connectivity index (χ1n) is 4.24. The fourth-order valence-electron chi connectivity index (χ4n) is 0.778. The summed E-state index contributed by atoms with van der Waals surface area (Å²) < 4.78 is 0. The predicted octanol–water partition coefficient (Wildman–Crippen LogP) is 1.39. The third-order valence-electron chi connectivity index (χ3n) is 1.97. The molecule has 11 heavy (non-hydrogen) atoms. The maximum absolute atomic E-state index is 9.59. The van der Waals surface area contributed by atoms with E-state index in [9.17, 15) is 10.2 Å². The Labute approximate surface area is 70.3 Å². The molecule has 68 valence electrons. The first-order chi connectivity index (χ1) is 4.88. The van der Waals surface area contributed by atoms with Gasteiger partial charge in [0.25, 0.3) is 0 Å². The van der Waals surface area contributed by atoms with Crippen molar-refractivity contribution in [2.24, 2.45) is 0 Å². The van der Waals surface area contributed by atoms with Crippen molar-refractivity contribution in [3.63, 3.8) is 0 Å².